The fourth-order valence-corrected chi connectivity index (χ4v) is 1.25. The summed E-state index contributed by atoms with van der Waals surface area (Å²) in [6, 6.07) is 2.08. The van der Waals surface area contributed by atoms with Gasteiger partial charge in [0.25, 0.3) is 0 Å². The van der Waals surface area contributed by atoms with Gasteiger partial charge in [0.1, 0.15) is 0 Å². The molecule has 3 nitrogen and oxygen atoms in total. The minimum absolute atomic E-state index is 0.255. The van der Waals surface area contributed by atoms with E-state index in [0.717, 1.165) is 12.3 Å². The van der Waals surface area contributed by atoms with Crippen LogP contribution in [0.25, 0.3) is 0 Å². The van der Waals surface area contributed by atoms with Crippen molar-refractivity contribution in [3.05, 3.63) is 29.6 Å². The van der Waals surface area contributed by atoms with Crippen LogP contribution in [0.4, 0.5) is 13.2 Å². The molecule has 2 N–H and O–H groups in total. The van der Waals surface area contributed by atoms with Crippen molar-refractivity contribution >= 4 is 0 Å². The van der Waals surface area contributed by atoms with Gasteiger partial charge in [-0.05, 0) is 12.1 Å². The van der Waals surface area contributed by atoms with E-state index in [0.29, 0.717) is 18.7 Å². The predicted octanol–water partition coefficient (Wildman–Crippen LogP) is 1.62. The number of halogens is 3. The van der Waals surface area contributed by atoms with Crippen LogP contribution in [-0.4, -0.2) is 24.7 Å². The first-order chi connectivity index (χ1) is 7.43. The Morgan fingerprint density at radius 2 is 2.12 bits per heavy atom. The highest BCUT2D eigenvalue weighted by Crippen LogP contribution is 2.28. The van der Waals surface area contributed by atoms with E-state index in [4.69, 9.17) is 10.5 Å². The van der Waals surface area contributed by atoms with Crippen LogP contribution in [0.2, 0.25) is 0 Å². The minimum Gasteiger partial charge on any atom is -0.383 e. The lowest BCUT2D eigenvalue weighted by Gasteiger charge is -2.10. The second-order valence-corrected chi connectivity index (χ2v) is 3.46. The molecule has 1 unspecified atom stereocenters. The van der Waals surface area contributed by atoms with E-state index in [1.54, 1.807) is 0 Å². The van der Waals surface area contributed by atoms with Crippen molar-refractivity contribution in [1.82, 2.24) is 4.98 Å². The van der Waals surface area contributed by atoms with Crippen molar-refractivity contribution in [2.75, 3.05) is 13.7 Å². The molecule has 90 valence electrons. The fourth-order valence-electron chi connectivity index (χ4n) is 1.25. The van der Waals surface area contributed by atoms with Gasteiger partial charge in [-0.15, -0.1) is 0 Å². The molecule has 0 aromatic carbocycles. The molecule has 0 saturated heterocycles. The van der Waals surface area contributed by atoms with E-state index < -0.39 is 11.7 Å². The van der Waals surface area contributed by atoms with Crippen molar-refractivity contribution in [2.45, 2.75) is 18.6 Å². The van der Waals surface area contributed by atoms with Crippen molar-refractivity contribution < 1.29 is 17.9 Å². The molecule has 1 aromatic heterocycles. The number of hydrogen-bond acceptors (Lipinski definition) is 3. The van der Waals surface area contributed by atoms with Gasteiger partial charge in [0.2, 0.25) is 0 Å². The molecule has 1 aromatic rings. The second-order valence-electron chi connectivity index (χ2n) is 3.46. The molecule has 0 aliphatic heterocycles. The number of nitrogens with zero attached hydrogens (tertiary/aromatic N) is 1. The van der Waals surface area contributed by atoms with Gasteiger partial charge < -0.3 is 10.5 Å². The lowest BCUT2D eigenvalue weighted by atomic mass is 10.1. The molecule has 16 heavy (non-hydrogen) atoms. The molecule has 0 fully saturated rings. The maximum atomic E-state index is 12.2. The smallest absolute Gasteiger partial charge is 0.383 e. The number of rotatable bonds is 4. The first-order valence-corrected chi connectivity index (χ1v) is 4.70. The first kappa shape index (κ1) is 12.9. The summed E-state index contributed by atoms with van der Waals surface area (Å²) < 4.78 is 41.5. The molecular formula is C10H13F3N2O. The molecule has 0 aliphatic carbocycles. The molecule has 0 radical (unpaired) electrons. The largest absolute Gasteiger partial charge is 0.417 e. The van der Waals surface area contributed by atoms with Gasteiger partial charge in [-0.3, -0.25) is 4.98 Å². The summed E-state index contributed by atoms with van der Waals surface area (Å²) in [5.74, 6) is 0. The minimum atomic E-state index is -4.35. The Morgan fingerprint density at radius 1 is 1.44 bits per heavy atom. The predicted molar refractivity (Wildman–Crippen MR) is 52.8 cm³/mol. The molecule has 1 rings (SSSR count). The molecule has 0 aliphatic rings. The van der Waals surface area contributed by atoms with Crippen molar-refractivity contribution in [3.8, 4) is 0 Å². The van der Waals surface area contributed by atoms with E-state index in [2.05, 4.69) is 4.98 Å². The van der Waals surface area contributed by atoms with Crippen LogP contribution >= 0.6 is 0 Å². The van der Waals surface area contributed by atoms with Gasteiger partial charge in [0, 0.05) is 31.5 Å². The van der Waals surface area contributed by atoms with Crippen LogP contribution in [0, 0.1) is 0 Å². The maximum Gasteiger partial charge on any atom is 0.417 e. The average Bonchev–Trinajstić information content (AvgIpc) is 2.17. The second kappa shape index (κ2) is 5.27. The van der Waals surface area contributed by atoms with Gasteiger partial charge in [-0.1, -0.05) is 0 Å². The van der Waals surface area contributed by atoms with Crippen LogP contribution in [0.5, 0.6) is 0 Å². The van der Waals surface area contributed by atoms with Crippen molar-refractivity contribution in [2.24, 2.45) is 5.73 Å². The van der Waals surface area contributed by atoms with Crippen LogP contribution in [-0.2, 0) is 17.3 Å². The third-order valence-electron chi connectivity index (χ3n) is 2.00. The first-order valence-electron chi connectivity index (χ1n) is 4.70. The summed E-state index contributed by atoms with van der Waals surface area (Å²) in [7, 11) is 1.51. The number of nitrogens with two attached hydrogens (primary N) is 1. The topological polar surface area (TPSA) is 48.1 Å². The highest BCUT2D eigenvalue weighted by atomic mass is 19.4. The summed E-state index contributed by atoms with van der Waals surface area (Å²) in [6.07, 6.45) is -3.14. The summed E-state index contributed by atoms with van der Waals surface area (Å²) in [5, 5.41) is 0. The van der Waals surface area contributed by atoms with E-state index in [-0.39, 0.29) is 6.04 Å². The number of ether oxygens (including phenoxy) is 1. The van der Waals surface area contributed by atoms with E-state index in [1.165, 1.54) is 13.2 Å². The number of methoxy groups -OCH3 is 1. The number of aromatic nitrogens is 1. The lowest BCUT2D eigenvalue weighted by Crippen LogP contribution is -2.28. The quantitative estimate of drug-likeness (QED) is 0.861. The molecule has 0 amide bonds. The Morgan fingerprint density at radius 3 is 2.56 bits per heavy atom. The van der Waals surface area contributed by atoms with Crippen LogP contribution in [0.15, 0.2) is 18.3 Å². The molecule has 0 bridgehead atoms. The Balaban J connectivity index is 2.65. The molecule has 1 atom stereocenters. The van der Waals surface area contributed by atoms with E-state index >= 15 is 0 Å². The standard InChI is InChI=1S/C10H13F3N2O/c1-16-6-8(14)4-9-3-2-7(5-15-9)10(11,12)13/h2-3,5,8H,4,6,14H2,1H3. The van der Waals surface area contributed by atoms with Gasteiger partial charge in [-0.2, -0.15) is 13.2 Å². The van der Waals surface area contributed by atoms with Gasteiger partial charge in [0.15, 0.2) is 0 Å². The lowest BCUT2D eigenvalue weighted by molar-refractivity contribution is -0.137. The zero-order valence-corrected chi connectivity index (χ0v) is 8.79. The molecular weight excluding hydrogens is 221 g/mol. The summed E-state index contributed by atoms with van der Waals surface area (Å²) in [5.41, 5.74) is 5.43. The zero-order valence-electron chi connectivity index (χ0n) is 8.79. The number of hydrogen-bond donors (Lipinski definition) is 1. The van der Waals surface area contributed by atoms with Crippen LogP contribution in [0.1, 0.15) is 11.3 Å². The Hall–Kier alpha value is -1.14. The van der Waals surface area contributed by atoms with Crippen molar-refractivity contribution in [3.63, 3.8) is 0 Å². The van der Waals surface area contributed by atoms with E-state index in [9.17, 15) is 13.2 Å². The molecule has 0 saturated carbocycles. The normalized spacial score (nSPS) is 13.8. The summed E-state index contributed by atoms with van der Waals surface area (Å²) in [6.45, 7) is 0.350. The van der Waals surface area contributed by atoms with Gasteiger partial charge in [0.05, 0.1) is 12.2 Å². The van der Waals surface area contributed by atoms with Crippen molar-refractivity contribution in [1.29, 1.82) is 0 Å². The Kier molecular flexibility index (Phi) is 4.26. The highest BCUT2D eigenvalue weighted by Gasteiger charge is 2.30. The molecule has 0 spiro atoms. The maximum absolute atomic E-state index is 12.2. The Bertz CT molecular complexity index is 324. The summed E-state index contributed by atoms with van der Waals surface area (Å²) >= 11 is 0. The fraction of sp³-hybridized carbons (Fsp3) is 0.500. The number of alkyl halides is 3. The SMILES string of the molecule is COCC(N)Cc1ccc(C(F)(F)F)cn1. The van der Waals surface area contributed by atoms with Crippen LogP contribution < -0.4 is 5.73 Å². The molecule has 1 heterocycles. The third-order valence-corrected chi connectivity index (χ3v) is 2.00. The summed E-state index contributed by atoms with van der Waals surface area (Å²) in [4.78, 5) is 3.71. The average molecular weight is 234 g/mol. The van der Waals surface area contributed by atoms with Crippen LogP contribution in [0.3, 0.4) is 0 Å². The van der Waals surface area contributed by atoms with E-state index in [1.807, 2.05) is 0 Å². The number of pyridine rings is 1. The molecule has 6 heteroatoms. The van der Waals surface area contributed by atoms with Gasteiger partial charge in [-0.25, -0.2) is 0 Å². The highest BCUT2D eigenvalue weighted by molar-refractivity contribution is 5.17. The monoisotopic (exact) mass is 234 g/mol. The zero-order chi connectivity index (χ0) is 12.2. The van der Waals surface area contributed by atoms with Gasteiger partial charge >= 0.3 is 6.18 Å². The Labute approximate surface area is 91.4 Å². The third kappa shape index (κ3) is 3.79.